The minimum Gasteiger partial charge on any atom is -0.475 e. The summed E-state index contributed by atoms with van der Waals surface area (Å²) in [6.45, 7) is 1.93. The van der Waals surface area contributed by atoms with Gasteiger partial charge in [-0.15, -0.1) is 0 Å². The molecular weight excluding hydrogens is 250 g/mol. The highest BCUT2D eigenvalue weighted by atomic mass is 16.4. The van der Waals surface area contributed by atoms with E-state index in [2.05, 4.69) is 10.4 Å². The molecule has 0 aliphatic heterocycles. The van der Waals surface area contributed by atoms with Crippen LogP contribution < -0.4 is 5.32 Å². The predicted octanol–water partition coefficient (Wildman–Crippen LogP) is 0.891. The van der Waals surface area contributed by atoms with Crippen LogP contribution in [-0.4, -0.2) is 33.8 Å². The third-order valence-corrected chi connectivity index (χ3v) is 2.58. The minimum atomic E-state index is -1.10. The standard InChI is InChI=1S/C12H13N3O4/c1-7-5-8(19-10(7)12(17)18)6-15-4-3-9(14-15)11(16)13-2/h3-5H,6H2,1-2H3,(H,13,16)(H,17,18). The minimum absolute atomic E-state index is 0.0753. The van der Waals surface area contributed by atoms with Gasteiger partial charge in [0.2, 0.25) is 5.76 Å². The molecule has 0 radical (unpaired) electrons. The van der Waals surface area contributed by atoms with Crippen LogP contribution >= 0.6 is 0 Å². The Kier molecular flexibility index (Phi) is 3.37. The first-order chi connectivity index (χ1) is 9.01. The van der Waals surface area contributed by atoms with E-state index in [9.17, 15) is 9.59 Å². The van der Waals surface area contributed by atoms with Gasteiger partial charge in [-0.05, 0) is 19.1 Å². The maximum absolute atomic E-state index is 11.3. The summed E-state index contributed by atoms with van der Waals surface area (Å²) in [7, 11) is 1.52. The summed E-state index contributed by atoms with van der Waals surface area (Å²) in [5.41, 5.74) is 0.852. The van der Waals surface area contributed by atoms with Crippen LogP contribution in [0.2, 0.25) is 0 Å². The highest BCUT2D eigenvalue weighted by molar-refractivity contribution is 5.91. The Morgan fingerprint density at radius 2 is 2.26 bits per heavy atom. The normalized spacial score (nSPS) is 10.4. The molecular formula is C12H13N3O4. The number of carbonyl (C=O) groups is 2. The van der Waals surface area contributed by atoms with E-state index in [0.29, 0.717) is 17.0 Å². The SMILES string of the molecule is CNC(=O)c1ccn(Cc2cc(C)c(C(=O)O)o2)n1. The molecule has 1 amide bonds. The summed E-state index contributed by atoms with van der Waals surface area (Å²) < 4.78 is 6.72. The first kappa shape index (κ1) is 12.9. The van der Waals surface area contributed by atoms with Crippen molar-refractivity contribution in [2.24, 2.45) is 0 Å². The lowest BCUT2D eigenvalue weighted by Gasteiger charge is -1.97. The Hall–Kier alpha value is -2.57. The highest BCUT2D eigenvalue weighted by Crippen LogP contribution is 2.15. The predicted molar refractivity (Wildman–Crippen MR) is 65.1 cm³/mol. The van der Waals surface area contributed by atoms with Gasteiger partial charge in [0.05, 0.1) is 6.54 Å². The van der Waals surface area contributed by atoms with Crippen LogP contribution in [0, 0.1) is 6.92 Å². The van der Waals surface area contributed by atoms with Gasteiger partial charge in [-0.3, -0.25) is 9.48 Å². The summed E-state index contributed by atoms with van der Waals surface area (Å²) in [5.74, 6) is -0.981. The first-order valence-corrected chi connectivity index (χ1v) is 5.59. The maximum Gasteiger partial charge on any atom is 0.372 e. The zero-order valence-corrected chi connectivity index (χ0v) is 10.5. The molecule has 7 nitrogen and oxygen atoms in total. The summed E-state index contributed by atoms with van der Waals surface area (Å²) in [6.07, 6.45) is 1.63. The van der Waals surface area contributed by atoms with Crippen molar-refractivity contribution >= 4 is 11.9 Å². The Balaban J connectivity index is 2.17. The molecule has 2 heterocycles. The largest absolute Gasteiger partial charge is 0.475 e. The second kappa shape index (κ2) is 4.97. The van der Waals surface area contributed by atoms with E-state index in [0.717, 1.165) is 0 Å². The number of carbonyl (C=O) groups excluding carboxylic acids is 1. The molecule has 19 heavy (non-hydrogen) atoms. The van der Waals surface area contributed by atoms with Crippen LogP contribution in [0.15, 0.2) is 22.7 Å². The van der Waals surface area contributed by atoms with Gasteiger partial charge in [0.1, 0.15) is 11.5 Å². The van der Waals surface area contributed by atoms with Crippen LogP contribution in [0.25, 0.3) is 0 Å². The fourth-order valence-corrected chi connectivity index (χ4v) is 1.70. The van der Waals surface area contributed by atoms with Crippen LogP contribution in [0.4, 0.5) is 0 Å². The Bertz CT molecular complexity index is 627. The molecule has 2 N–H and O–H groups in total. The molecule has 0 aliphatic carbocycles. The summed E-state index contributed by atoms with van der Waals surface area (Å²) in [6, 6.07) is 3.22. The van der Waals surface area contributed by atoms with Crippen molar-refractivity contribution in [1.82, 2.24) is 15.1 Å². The van der Waals surface area contributed by atoms with E-state index in [1.807, 2.05) is 0 Å². The molecule has 0 unspecified atom stereocenters. The van der Waals surface area contributed by atoms with Crippen LogP contribution in [-0.2, 0) is 6.54 Å². The van der Waals surface area contributed by atoms with Gasteiger partial charge in [0.15, 0.2) is 0 Å². The number of nitrogens with one attached hydrogen (secondary N) is 1. The number of aromatic carboxylic acids is 1. The van der Waals surface area contributed by atoms with Gasteiger partial charge in [-0.2, -0.15) is 5.10 Å². The maximum atomic E-state index is 11.3. The van der Waals surface area contributed by atoms with Gasteiger partial charge < -0.3 is 14.8 Å². The lowest BCUT2D eigenvalue weighted by molar-refractivity contribution is 0.0659. The summed E-state index contributed by atoms with van der Waals surface area (Å²) in [5, 5.41) is 15.4. The zero-order chi connectivity index (χ0) is 14.0. The number of hydrogen-bond donors (Lipinski definition) is 2. The van der Waals surface area contributed by atoms with E-state index in [-0.39, 0.29) is 18.2 Å². The quantitative estimate of drug-likeness (QED) is 0.853. The zero-order valence-electron chi connectivity index (χ0n) is 10.5. The Labute approximate surface area is 108 Å². The van der Waals surface area contributed by atoms with E-state index < -0.39 is 5.97 Å². The first-order valence-electron chi connectivity index (χ1n) is 5.59. The van der Waals surface area contributed by atoms with Crippen LogP contribution in [0.1, 0.15) is 32.4 Å². The molecule has 7 heteroatoms. The van der Waals surface area contributed by atoms with Gasteiger partial charge in [-0.25, -0.2) is 4.79 Å². The fraction of sp³-hybridized carbons (Fsp3) is 0.250. The number of rotatable bonds is 4. The molecule has 0 atom stereocenters. The number of aryl methyl sites for hydroxylation is 1. The van der Waals surface area contributed by atoms with Crippen molar-refractivity contribution < 1.29 is 19.1 Å². The number of furan rings is 1. The van der Waals surface area contributed by atoms with Gasteiger partial charge in [-0.1, -0.05) is 0 Å². The monoisotopic (exact) mass is 263 g/mol. The topological polar surface area (TPSA) is 97.4 Å². The molecule has 0 saturated heterocycles. The highest BCUT2D eigenvalue weighted by Gasteiger charge is 2.15. The van der Waals surface area contributed by atoms with Gasteiger partial charge in [0.25, 0.3) is 5.91 Å². The van der Waals surface area contributed by atoms with Crippen LogP contribution in [0.3, 0.4) is 0 Å². The van der Waals surface area contributed by atoms with Crippen molar-refractivity contribution in [3.8, 4) is 0 Å². The second-order valence-corrected chi connectivity index (χ2v) is 4.01. The number of nitrogens with zero attached hydrogens (tertiary/aromatic N) is 2. The average molecular weight is 263 g/mol. The fourth-order valence-electron chi connectivity index (χ4n) is 1.70. The van der Waals surface area contributed by atoms with Crippen molar-refractivity contribution in [1.29, 1.82) is 0 Å². The van der Waals surface area contributed by atoms with Gasteiger partial charge in [0, 0.05) is 18.8 Å². The van der Waals surface area contributed by atoms with Crippen molar-refractivity contribution in [3.63, 3.8) is 0 Å². The Morgan fingerprint density at radius 1 is 1.53 bits per heavy atom. The van der Waals surface area contributed by atoms with E-state index in [1.165, 1.54) is 11.7 Å². The number of hydrogen-bond acceptors (Lipinski definition) is 4. The second-order valence-electron chi connectivity index (χ2n) is 4.01. The smallest absolute Gasteiger partial charge is 0.372 e. The lowest BCUT2D eigenvalue weighted by Crippen LogP contribution is -2.18. The third kappa shape index (κ3) is 2.65. The molecule has 100 valence electrons. The van der Waals surface area contributed by atoms with Crippen molar-refractivity contribution in [2.45, 2.75) is 13.5 Å². The molecule has 2 rings (SSSR count). The van der Waals surface area contributed by atoms with E-state index >= 15 is 0 Å². The summed E-state index contributed by atoms with van der Waals surface area (Å²) >= 11 is 0. The number of aromatic nitrogens is 2. The molecule has 2 aromatic rings. The third-order valence-electron chi connectivity index (χ3n) is 2.58. The molecule has 0 spiro atoms. The number of carboxylic acid groups (broad SMARTS) is 1. The average Bonchev–Trinajstić information content (AvgIpc) is 2.95. The molecule has 0 aliphatic rings. The van der Waals surface area contributed by atoms with E-state index in [4.69, 9.17) is 9.52 Å². The molecule has 0 bridgehead atoms. The number of amides is 1. The summed E-state index contributed by atoms with van der Waals surface area (Å²) in [4.78, 5) is 22.2. The van der Waals surface area contributed by atoms with Crippen molar-refractivity contribution in [2.75, 3.05) is 7.05 Å². The van der Waals surface area contributed by atoms with E-state index in [1.54, 1.807) is 25.3 Å². The number of carboxylic acids is 1. The van der Waals surface area contributed by atoms with Crippen molar-refractivity contribution in [3.05, 3.63) is 41.1 Å². The van der Waals surface area contributed by atoms with Crippen LogP contribution in [0.5, 0.6) is 0 Å². The lowest BCUT2D eigenvalue weighted by atomic mass is 10.2. The van der Waals surface area contributed by atoms with Gasteiger partial charge >= 0.3 is 5.97 Å². The molecule has 0 saturated carbocycles. The molecule has 0 aromatic carbocycles. The molecule has 0 fully saturated rings. The molecule has 2 aromatic heterocycles. The Morgan fingerprint density at radius 3 is 2.84 bits per heavy atom.